The van der Waals surface area contributed by atoms with E-state index in [-0.39, 0.29) is 5.56 Å². The van der Waals surface area contributed by atoms with Gasteiger partial charge in [0.05, 0.1) is 25.3 Å². The van der Waals surface area contributed by atoms with Crippen LogP contribution in [0.5, 0.6) is 5.75 Å². The molecule has 1 unspecified atom stereocenters. The van der Waals surface area contributed by atoms with Gasteiger partial charge < -0.3 is 4.74 Å². The Labute approximate surface area is 162 Å². The summed E-state index contributed by atoms with van der Waals surface area (Å²) >= 11 is 0. The maximum absolute atomic E-state index is 12.8. The van der Waals surface area contributed by atoms with Crippen LogP contribution in [0.2, 0.25) is 0 Å². The summed E-state index contributed by atoms with van der Waals surface area (Å²) in [5, 5.41) is 0. The Kier molecular flexibility index (Phi) is 5.26. The third kappa shape index (κ3) is 3.38. The van der Waals surface area contributed by atoms with E-state index in [1.54, 1.807) is 49.4 Å². The molecule has 7 heteroatoms. The summed E-state index contributed by atoms with van der Waals surface area (Å²) < 4.78 is 5.19. The van der Waals surface area contributed by atoms with Crippen LogP contribution < -0.4 is 4.74 Å². The van der Waals surface area contributed by atoms with Gasteiger partial charge >= 0.3 is 17.8 Å². The minimum atomic E-state index is -1.01. The molecule has 0 aromatic heterocycles. The molecule has 0 radical (unpaired) electrons. The molecule has 0 aliphatic carbocycles. The summed E-state index contributed by atoms with van der Waals surface area (Å²) in [4.78, 5) is 51.8. The first-order valence-corrected chi connectivity index (χ1v) is 8.77. The van der Waals surface area contributed by atoms with Gasteiger partial charge in [-0.3, -0.25) is 14.4 Å². The van der Waals surface area contributed by atoms with Crippen molar-refractivity contribution in [2.75, 3.05) is 13.7 Å². The predicted molar refractivity (Wildman–Crippen MR) is 101 cm³/mol. The molecule has 1 aliphatic rings. The van der Waals surface area contributed by atoms with Crippen LogP contribution in [0.15, 0.2) is 48.5 Å². The molecule has 3 rings (SSSR count). The number of hydrogen-bond donors (Lipinski definition) is 0. The van der Waals surface area contributed by atoms with Gasteiger partial charge in [0.15, 0.2) is 5.78 Å². The van der Waals surface area contributed by atoms with E-state index in [0.29, 0.717) is 16.2 Å². The fraction of sp³-hybridized carbons (Fsp3) is 0.238. The van der Waals surface area contributed by atoms with E-state index >= 15 is 0 Å². The molecule has 4 amide bonds. The summed E-state index contributed by atoms with van der Waals surface area (Å²) in [6, 6.07) is 12.5. The van der Waals surface area contributed by atoms with Crippen LogP contribution >= 0.6 is 0 Å². The third-order valence-corrected chi connectivity index (χ3v) is 4.71. The molecule has 0 bridgehead atoms. The van der Waals surface area contributed by atoms with Crippen LogP contribution in [-0.2, 0) is 9.59 Å². The highest BCUT2D eigenvalue weighted by Gasteiger charge is 2.47. The van der Waals surface area contributed by atoms with Crippen LogP contribution in [0.25, 0.3) is 0 Å². The van der Waals surface area contributed by atoms with E-state index in [1.807, 2.05) is 13.0 Å². The summed E-state index contributed by atoms with van der Waals surface area (Å²) in [5.41, 5.74) is 1.80. The Morgan fingerprint density at radius 1 is 1.04 bits per heavy atom. The second-order valence-electron chi connectivity index (χ2n) is 6.56. The maximum Gasteiger partial charge on any atom is 0.335 e. The quantitative estimate of drug-likeness (QED) is 0.437. The lowest BCUT2D eigenvalue weighted by molar-refractivity contribution is -0.143. The first-order valence-electron chi connectivity index (χ1n) is 8.77. The molecule has 1 saturated heterocycles. The summed E-state index contributed by atoms with van der Waals surface area (Å²) in [5.74, 6) is -2.09. The number of methoxy groups -OCH3 is 1. The number of aryl methyl sites for hydroxylation is 1. The minimum absolute atomic E-state index is 0.255. The monoisotopic (exact) mass is 380 g/mol. The van der Waals surface area contributed by atoms with Crippen LogP contribution in [0.3, 0.4) is 0 Å². The number of ketones is 1. The van der Waals surface area contributed by atoms with Crippen LogP contribution in [0.4, 0.5) is 4.79 Å². The van der Waals surface area contributed by atoms with E-state index in [1.165, 1.54) is 7.11 Å². The van der Waals surface area contributed by atoms with E-state index in [4.69, 9.17) is 4.74 Å². The number of carbonyl (C=O) groups is 4. The Morgan fingerprint density at radius 2 is 1.71 bits per heavy atom. The Balaban J connectivity index is 1.85. The molecule has 2 aromatic rings. The zero-order valence-corrected chi connectivity index (χ0v) is 15.8. The molecule has 1 fully saturated rings. The van der Waals surface area contributed by atoms with Crippen molar-refractivity contribution in [1.29, 1.82) is 0 Å². The minimum Gasteiger partial charge on any atom is -0.496 e. The molecule has 1 atom stereocenters. The second kappa shape index (κ2) is 7.64. The summed E-state index contributed by atoms with van der Waals surface area (Å²) in [7, 11) is 1.43. The fourth-order valence-electron chi connectivity index (χ4n) is 3.15. The zero-order valence-electron chi connectivity index (χ0n) is 15.8. The summed E-state index contributed by atoms with van der Waals surface area (Å²) in [6.07, 6.45) is 0. The van der Waals surface area contributed by atoms with Crippen molar-refractivity contribution in [1.82, 2.24) is 9.80 Å². The smallest absolute Gasteiger partial charge is 0.335 e. The van der Waals surface area contributed by atoms with Gasteiger partial charge in [-0.1, -0.05) is 42.0 Å². The number of hydrogen-bond acceptors (Lipinski definition) is 5. The molecule has 1 aliphatic heterocycles. The zero-order chi connectivity index (χ0) is 20.4. The predicted octanol–water partition coefficient (Wildman–Crippen LogP) is 2.74. The van der Waals surface area contributed by atoms with Crippen molar-refractivity contribution in [3.05, 3.63) is 65.2 Å². The number of carbonyl (C=O) groups excluding carboxylic acids is 4. The lowest BCUT2D eigenvalue weighted by Gasteiger charge is -2.22. The summed E-state index contributed by atoms with van der Waals surface area (Å²) in [6.45, 7) is 2.95. The van der Waals surface area contributed by atoms with Crippen LogP contribution in [0.1, 0.15) is 34.5 Å². The molecule has 0 spiro atoms. The standard InChI is InChI=1S/C21H20N2O5/c1-13-9-10-18(28-3)16(11-13)17(24)12-22-19(25)20(26)23(21(22)27)14(2)15-7-5-4-6-8-15/h4-11,14H,12H2,1-3H3. The van der Waals surface area contributed by atoms with E-state index in [9.17, 15) is 19.2 Å². The largest absolute Gasteiger partial charge is 0.496 e. The Hall–Kier alpha value is -3.48. The number of imide groups is 2. The fourth-order valence-corrected chi connectivity index (χ4v) is 3.15. The topological polar surface area (TPSA) is 84.0 Å². The highest BCUT2D eigenvalue weighted by molar-refractivity contribution is 6.45. The number of urea groups is 1. The molecular weight excluding hydrogens is 360 g/mol. The molecule has 7 nitrogen and oxygen atoms in total. The highest BCUT2D eigenvalue weighted by Crippen LogP contribution is 2.27. The van der Waals surface area contributed by atoms with Crippen LogP contribution in [0, 0.1) is 6.92 Å². The number of amides is 4. The molecule has 0 N–H and O–H groups in total. The first kappa shape index (κ1) is 19.3. The third-order valence-electron chi connectivity index (χ3n) is 4.71. The number of Topliss-reactive ketones (excluding diaryl/α,β-unsaturated/α-hetero) is 1. The molecule has 0 saturated carbocycles. The van der Waals surface area contributed by atoms with Crippen molar-refractivity contribution in [2.45, 2.75) is 19.9 Å². The Bertz CT molecular complexity index is 955. The average Bonchev–Trinajstić information content (AvgIpc) is 2.91. The number of rotatable bonds is 6. The molecule has 2 aromatic carbocycles. The van der Waals surface area contributed by atoms with E-state index in [2.05, 4.69) is 0 Å². The van der Waals surface area contributed by atoms with Crippen molar-refractivity contribution >= 4 is 23.6 Å². The second-order valence-corrected chi connectivity index (χ2v) is 6.56. The van der Waals surface area contributed by atoms with Gasteiger partial charge in [0.2, 0.25) is 0 Å². The SMILES string of the molecule is COc1ccc(C)cc1C(=O)CN1C(=O)C(=O)N(C(C)c2ccccc2)C1=O. The first-order chi connectivity index (χ1) is 13.3. The van der Waals surface area contributed by atoms with Crippen molar-refractivity contribution in [2.24, 2.45) is 0 Å². The number of ether oxygens (including phenoxy) is 1. The van der Waals surface area contributed by atoms with E-state index < -0.39 is 36.2 Å². The normalized spacial score (nSPS) is 15.2. The van der Waals surface area contributed by atoms with Crippen LogP contribution in [-0.4, -0.2) is 47.1 Å². The van der Waals surface area contributed by atoms with Crippen molar-refractivity contribution in [3.8, 4) is 5.75 Å². The molecule has 28 heavy (non-hydrogen) atoms. The Morgan fingerprint density at radius 3 is 2.36 bits per heavy atom. The molecule has 1 heterocycles. The maximum atomic E-state index is 12.8. The number of nitrogens with zero attached hydrogens (tertiary/aromatic N) is 2. The molecular formula is C21H20N2O5. The van der Waals surface area contributed by atoms with Gasteiger partial charge in [-0.25, -0.2) is 14.6 Å². The van der Waals surface area contributed by atoms with Gasteiger partial charge in [0.25, 0.3) is 0 Å². The number of benzene rings is 2. The van der Waals surface area contributed by atoms with Crippen molar-refractivity contribution in [3.63, 3.8) is 0 Å². The molecule has 144 valence electrons. The lowest BCUT2D eigenvalue weighted by atomic mass is 10.1. The highest BCUT2D eigenvalue weighted by atomic mass is 16.5. The van der Waals surface area contributed by atoms with Gasteiger partial charge in [0.1, 0.15) is 5.75 Å². The van der Waals surface area contributed by atoms with Gasteiger partial charge in [-0.05, 0) is 31.5 Å². The lowest BCUT2D eigenvalue weighted by Crippen LogP contribution is -2.38. The van der Waals surface area contributed by atoms with Crippen molar-refractivity contribution < 1.29 is 23.9 Å². The van der Waals surface area contributed by atoms with Gasteiger partial charge in [-0.15, -0.1) is 0 Å². The van der Waals surface area contributed by atoms with Gasteiger partial charge in [0, 0.05) is 0 Å². The van der Waals surface area contributed by atoms with Gasteiger partial charge in [-0.2, -0.15) is 0 Å². The average molecular weight is 380 g/mol. The van der Waals surface area contributed by atoms with E-state index in [0.717, 1.165) is 10.5 Å².